The van der Waals surface area contributed by atoms with E-state index in [1.54, 1.807) is 38.1 Å². The molecule has 0 saturated heterocycles. The first-order valence-electron chi connectivity index (χ1n) is 6.05. The second-order valence-corrected chi connectivity index (χ2v) is 3.69. The highest BCUT2D eigenvalue weighted by Gasteiger charge is 2.23. The van der Waals surface area contributed by atoms with Crippen molar-refractivity contribution >= 4 is 11.8 Å². The van der Waals surface area contributed by atoms with Gasteiger partial charge in [0, 0.05) is 18.6 Å². The van der Waals surface area contributed by atoms with E-state index in [-0.39, 0.29) is 18.8 Å². The van der Waals surface area contributed by atoms with Crippen LogP contribution in [0.15, 0.2) is 30.3 Å². The molecule has 1 rings (SSSR count). The van der Waals surface area contributed by atoms with Crippen LogP contribution in [0.4, 0.5) is 0 Å². The maximum absolute atomic E-state index is 12.0. The Kier molecular flexibility index (Phi) is 6.08. The number of hydrogen-bond acceptors (Lipinski definition) is 4. The first-order chi connectivity index (χ1) is 8.69. The normalized spacial score (nSPS) is 11.9. The molecule has 0 N–H and O–H groups in total. The van der Waals surface area contributed by atoms with Crippen LogP contribution in [0.3, 0.4) is 0 Å². The summed E-state index contributed by atoms with van der Waals surface area (Å²) < 4.78 is 10.1. The Morgan fingerprint density at radius 2 is 1.78 bits per heavy atom. The summed E-state index contributed by atoms with van der Waals surface area (Å²) in [6.45, 7) is 4.15. The Bertz CT molecular complexity index is 386. The fraction of sp³-hybridized carbons (Fsp3) is 0.429. The third kappa shape index (κ3) is 4.30. The summed E-state index contributed by atoms with van der Waals surface area (Å²) in [5.41, 5.74) is 0.575. The molecule has 1 aromatic rings. The first-order valence-corrected chi connectivity index (χ1v) is 6.05. The molecular weight excluding hydrogens is 232 g/mol. The molecule has 1 aromatic carbocycles. The molecule has 0 heterocycles. The van der Waals surface area contributed by atoms with Gasteiger partial charge < -0.3 is 9.47 Å². The minimum absolute atomic E-state index is 0.0106. The van der Waals surface area contributed by atoms with Gasteiger partial charge in [0.05, 0.1) is 6.61 Å². The second kappa shape index (κ2) is 7.61. The molecule has 0 spiro atoms. The fourth-order valence-corrected chi connectivity index (χ4v) is 1.56. The molecule has 0 bridgehead atoms. The van der Waals surface area contributed by atoms with Crippen LogP contribution < -0.4 is 0 Å². The van der Waals surface area contributed by atoms with Gasteiger partial charge in [0.25, 0.3) is 0 Å². The van der Waals surface area contributed by atoms with Crippen LogP contribution in [0.1, 0.15) is 30.6 Å². The summed E-state index contributed by atoms with van der Waals surface area (Å²) in [6, 6.07) is 8.84. The number of hydrogen-bond donors (Lipinski definition) is 0. The van der Waals surface area contributed by atoms with Crippen molar-refractivity contribution < 1.29 is 19.1 Å². The lowest BCUT2D eigenvalue weighted by molar-refractivity contribution is -0.156. The Balaban J connectivity index is 2.66. The van der Waals surface area contributed by atoms with Crippen molar-refractivity contribution in [1.29, 1.82) is 0 Å². The molecule has 18 heavy (non-hydrogen) atoms. The van der Waals surface area contributed by atoms with Crippen LogP contribution in [0.25, 0.3) is 0 Å². The predicted octanol–water partition coefficient (Wildman–Crippen LogP) is 2.23. The summed E-state index contributed by atoms with van der Waals surface area (Å²) in [5, 5.41) is 0. The van der Waals surface area contributed by atoms with Crippen LogP contribution in [-0.4, -0.2) is 31.1 Å². The van der Waals surface area contributed by atoms with Crippen molar-refractivity contribution in [1.82, 2.24) is 0 Å². The van der Waals surface area contributed by atoms with E-state index in [0.29, 0.717) is 12.2 Å². The fourth-order valence-electron chi connectivity index (χ4n) is 1.56. The van der Waals surface area contributed by atoms with Gasteiger partial charge in [-0.05, 0) is 13.8 Å². The van der Waals surface area contributed by atoms with Crippen LogP contribution in [0.5, 0.6) is 0 Å². The molecule has 0 aliphatic carbocycles. The molecule has 1 unspecified atom stereocenters. The maximum atomic E-state index is 12.0. The van der Waals surface area contributed by atoms with Gasteiger partial charge in [-0.2, -0.15) is 0 Å². The van der Waals surface area contributed by atoms with Crippen molar-refractivity contribution in [2.75, 3.05) is 13.2 Å². The van der Waals surface area contributed by atoms with Gasteiger partial charge >= 0.3 is 5.97 Å². The number of ether oxygens (including phenoxy) is 2. The van der Waals surface area contributed by atoms with E-state index in [9.17, 15) is 9.59 Å². The molecule has 1 atom stereocenters. The van der Waals surface area contributed by atoms with Crippen LogP contribution in [-0.2, 0) is 14.3 Å². The SMILES string of the molecule is CCOC(=O)C(CC(=O)c1ccccc1)OCC. The Morgan fingerprint density at radius 1 is 1.11 bits per heavy atom. The maximum Gasteiger partial charge on any atom is 0.335 e. The summed E-state index contributed by atoms with van der Waals surface area (Å²) in [6.07, 6.45) is -0.806. The van der Waals surface area contributed by atoms with Crippen molar-refractivity contribution in [3.63, 3.8) is 0 Å². The van der Waals surface area contributed by atoms with Gasteiger partial charge in [0.2, 0.25) is 0 Å². The molecule has 0 amide bonds. The lowest BCUT2D eigenvalue weighted by Gasteiger charge is -2.14. The molecule has 4 heteroatoms. The molecule has 0 fully saturated rings. The molecule has 98 valence electrons. The Labute approximate surface area is 107 Å². The highest BCUT2D eigenvalue weighted by molar-refractivity contribution is 5.98. The first kappa shape index (κ1) is 14.4. The molecule has 4 nitrogen and oxygen atoms in total. The number of carbonyl (C=O) groups excluding carboxylic acids is 2. The molecule has 0 aliphatic rings. The van der Waals surface area contributed by atoms with Crippen LogP contribution in [0.2, 0.25) is 0 Å². The van der Waals surface area contributed by atoms with E-state index in [0.717, 1.165) is 0 Å². The number of rotatable bonds is 7. The summed E-state index contributed by atoms with van der Waals surface area (Å²) in [5.74, 6) is -0.606. The van der Waals surface area contributed by atoms with E-state index in [1.165, 1.54) is 0 Å². The van der Waals surface area contributed by atoms with Gasteiger partial charge in [0.15, 0.2) is 11.9 Å². The number of ketones is 1. The molecule has 0 aliphatic heterocycles. The Hall–Kier alpha value is -1.68. The van der Waals surface area contributed by atoms with E-state index in [4.69, 9.17) is 9.47 Å². The van der Waals surface area contributed by atoms with Gasteiger partial charge in [-0.1, -0.05) is 30.3 Å². The third-order valence-corrected chi connectivity index (χ3v) is 2.38. The largest absolute Gasteiger partial charge is 0.464 e. The van der Waals surface area contributed by atoms with Gasteiger partial charge in [-0.15, -0.1) is 0 Å². The number of esters is 1. The average molecular weight is 250 g/mol. The second-order valence-electron chi connectivity index (χ2n) is 3.69. The quantitative estimate of drug-likeness (QED) is 0.550. The average Bonchev–Trinajstić information content (AvgIpc) is 2.39. The van der Waals surface area contributed by atoms with Gasteiger partial charge in [-0.3, -0.25) is 4.79 Å². The number of Topliss-reactive ketones (excluding diaryl/α,β-unsaturated/α-hetero) is 1. The molecular formula is C14H18O4. The minimum atomic E-state index is -0.817. The number of benzene rings is 1. The van der Waals surface area contributed by atoms with Crippen LogP contribution in [0, 0.1) is 0 Å². The highest BCUT2D eigenvalue weighted by Crippen LogP contribution is 2.09. The lowest BCUT2D eigenvalue weighted by atomic mass is 10.1. The van der Waals surface area contributed by atoms with E-state index >= 15 is 0 Å². The van der Waals surface area contributed by atoms with Crippen molar-refractivity contribution in [2.45, 2.75) is 26.4 Å². The monoisotopic (exact) mass is 250 g/mol. The third-order valence-electron chi connectivity index (χ3n) is 2.38. The topological polar surface area (TPSA) is 52.6 Å². The van der Waals surface area contributed by atoms with Crippen molar-refractivity contribution in [3.05, 3.63) is 35.9 Å². The summed E-state index contributed by atoms with van der Waals surface area (Å²) >= 11 is 0. The summed E-state index contributed by atoms with van der Waals surface area (Å²) in [4.78, 5) is 23.6. The molecule has 0 radical (unpaired) electrons. The standard InChI is InChI=1S/C14H18O4/c1-3-17-13(14(16)18-4-2)10-12(15)11-8-6-5-7-9-11/h5-9,13H,3-4,10H2,1-2H3. The molecule has 0 saturated carbocycles. The highest BCUT2D eigenvalue weighted by atomic mass is 16.6. The Morgan fingerprint density at radius 3 is 2.33 bits per heavy atom. The van der Waals surface area contributed by atoms with Crippen molar-refractivity contribution in [3.8, 4) is 0 Å². The minimum Gasteiger partial charge on any atom is -0.464 e. The van der Waals surface area contributed by atoms with E-state index in [2.05, 4.69) is 0 Å². The molecule has 0 aromatic heterocycles. The van der Waals surface area contributed by atoms with Gasteiger partial charge in [-0.25, -0.2) is 4.79 Å². The van der Waals surface area contributed by atoms with E-state index < -0.39 is 12.1 Å². The van der Waals surface area contributed by atoms with Gasteiger partial charge in [0.1, 0.15) is 0 Å². The van der Waals surface area contributed by atoms with Crippen molar-refractivity contribution in [2.24, 2.45) is 0 Å². The predicted molar refractivity (Wildman–Crippen MR) is 67.4 cm³/mol. The zero-order valence-electron chi connectivity index (χ0n) is 10.7. The van der Waals surface area contributed by atoms with E-state index in [1.807, 2.05) is 6.07 Å². The zero-order valence-corrected chi connectivity index (χ0v) is 10.7. The lowest BCUT2D eigenvalue weighted by Crippen LogP contribution is -2.29. The number of carbonyl (C=O) groups is 2. The zero-order chi connectivity index (χ0) is 13.4. The smallest absolute Gasteiger partial charge is 0.335 e. The summed E-state index contributed by atoms with van der Waals surface area (Å²) in [7, 11) is 0. The van der Waals surface area contributed by atoms with Crippen LogP contribution >= 0.6 is 0 Å².